The molecule has 0 aliphatic carbocycles. The zero-order valence-electron chi connectivity index (χ0n) is 27.4. The highest BCUT2D eigenvalue weighted by molar-refractivity contribution is 8.76. The summed E-state index contributed by atoms with van der Waals surface area (Å²) in [4.78, 5) is 24.4. The molecule has 3 fully saturated rings. The number of carbonyl (C=O) groups excluding carboxylic acids is 1. The summed E-state index contributed by atoms with van der Waals surface area (Å²) in [5, 5.41) is 64.9. The van der Waals surface area contributed by atoms with Gasteiger partial charge in [0.1, 0.15) is 41.4 Å². The Labute approximate surface area is 287 Å². The van der Waals surface area contributed by atoms with Crippen LogP contribution in [0, 0.1) is 24.2 Å². The Bertz CT molecular complexity index is 1480. The number of aliphatic hydroxyl groups is 4. The van der Waals surface area contributed by atoms with Crippen LogP contribution in [0.25, 0.3) is 10.8 Å². The lowest BCUT2D eigenvalue weighted by Crippen LogP contribution is -2.69. The van der Waals surface area contributed by atoms with Crippen molar-refractivity contribution in [2.24, 2.45) is 17.3 Å². The zero-order valence-corrected chi connectivity index (χ0v) is 29.1. The number of Topliss-reactive ketones (excluding diaryl/α,β-unsaturated/α-hetero) is 1. The average molecular weight is 711 g/mol. The summed E-state index contributed by atoms with van der Waals surface area (Å²) in [5.74, 6) is -0.920. The maximum atomic E-state index is 12.4. The van der Waals surface area contributed by atoms with Crippen LogP contribution in [-0.2, 0) is 14.2 Å². The molecule has 2 aromatic carbocycles. The lowest BCUT2D eigenvalue weighted by molar-refractivity contribution is -0.322. The lowest BCUT2D eigenvalue weighted by atomic mass is 9.64. The number of carbonyl (C=O) groups is 2. The number of aromatic hydroxyl groups is 1. The molecule has 2 aromatic rings. The van der Waals surface area contributed by atoms with Crippen LogP contribution in [-0.4, -0.2) is 111 Å². The summed E-state index contributed by atoms with van der Waals surface area (Å²) < 4.78 is 24.5. The van der Waals surface area contributed by atoms with E-state index < -0.39 is 54.3 Å². The molecule has 0 saturated carbocycles. The Kier molecular flexibility index (Phi) is 11.9. The van der Waals surface area contributed by atoms with E-state index in [4.69, 9.17) is 18.9 Å². The fourth-order valence-electron chi connectivity index (χ4n) is 7.93. The van der Waals surface area contributed by atoms with Gasteiger partial charge in [0.05, 0.1) is 29.7 Å². The molecular weight excluding hydrogens is 664 g/mol. The summed E-state index contributed by atoms with van der Waals surface area (Å²) >= 11 is 0. The van der Waals surface area contributed by atoms with Gasteiger partial charge in [0.15, 0.2) is 5.78 Å². The van der Waals surface area contributed by atoms with Gasteiger partial charge in [-0.15, -0.1) is 0 Å². The molecule has 0 radical (unpaired) electrons. The number of ether oxygens (including phenoxy) is 4. The second-order valence-electron chi connectivity index (χ2n) is 13.3. The van der Waals surface area contributed by atoms with Gasteiger partial charge in [-0.3, -0.25) is 4.79 Å². The third-order valence-corrected chi connectivity index (χ3v) is 12.6. The van der Waals surface area contributed by atoms with E-state index in [0.717, 1.165) is 24.7 Å². The first-order valence-corrected chi connectivity index (χ1v) is 18.8. The minimum atomic E-state index is -1.71. The van der Waals surface area contributed by atoms with Crippen molar-refractivity contribution in [3.8, 4) is 11.5 Å². The smallest absolute Gasteiger partial charge is 0.335 e. The van der Waals surface area contributed by atoms with Crippen molar-refractivity contribution in [1.82, 2.24) is 0 Å². The Morgan fingerprint density at radius 1 is 1.12 bits per heavy atom. The third kappa shape index (κ3) is 7.06. The molecule has 3 saturated heterocycles. The first-order valence-electron chi connectivity index (χ1n) is 16.3. The molecule has 6 N–H and O–H groups in total. The summed E-state index contributed by atoms with van der Waals surface area (Å²) in [5.41, 5.74) is -1.34. The minimum absolute atomic E-state index is 0.0352. The van der Waals surface area contributed by atoms with Gasteiger partial charge in [-0.25, -0.2) is 4.79 Å². The monoisotopic (exact) mass is 710 g/mol. The third-order valence-electron chi connectivity index (χ3n) is 10.4. The van der Waals surface area contributed by atoms with Crippen LogP contribution in [0.3, 0.4) is 0 Å². The van der Waals surface area contributed by atoms with E-state index in [1.54, 1.807) is 23.8 Å². The van der Waals surface area contributed by atoms with Gasteiger partial charge in [-0.2, -0.15) is 0 Å². The molecule has 14 heteroatoms. The molecule has 266 valence electrons. The van der Waals surface area contributed by atoms with Gasteiger partial charge in [0, 0.05) is 24.4 Å². The first-order chi connectivity index (χ1) is 22.9. The van der Waals surface area contributed by atoms with Crippen LogP contribution in [0.5, 0.6) is 11.5 Å². The summed E-state index contributed by atoms with van der Waals surface area (Å²) in [7, 11) is 3.08. The van der Waals surface area contributed by atoms with Crippen molar-refractivity contribution in [2.75, 3.05) is 38.1 Å². The van der Waals surface area contributed by atoms with E-state index in [1.165, 1.54) is 23.8 Å². The molecule has 3 heterocycles. The highest BCUT2D eigenvalue weighted by atomic mass is 33.1. The van der Waals surface area contributed by atoms with Crippen molar-refractivity contribution in [1.29, 1.82) is 0 Å². The largest absolute Gasteiger partial charge is 0.506 e. The second kappa shape index (κ2) is 15.4. The van der Waals surface area contributed by atoms with Crippen molar-refractivity contribution in [2.45, 2.75) is 83.1 Å². The van der Waals surface area contributed by atoms with Crippen molar-refractivity contribution < 1.29 is 59.2 Å². The summed E-state index contributed by atoms with van der Waals surface area (Å²) in [6, 6.07) is 4.05. The summed E-state index contributed by atoms with van der Waals surface area (Å²) in [6.07, 6.45) is -2.85. The zero-order chi connectivity index (χ0) is 34.8. The average Bonchev–Trinajstić information content (AvgIpc) is 3.07. The Morgan fingerprint density at radius 2 is 1.90 bits per heavy atom. The van der Waals surface area contributed by atoms with Crippen LogP contribution < -0.4 is 4.74 Å². The maximum Gasteiger partial charge on any atom is 0.335 e. The number of ketones is 1. The molecule has 0 bridgehead atoms. The number of rotatable bonds is 8. The number of aliphatic hydroxyl groups excluding tert-OH is 4. The number of carboxylic acids is 1. The molecule has 0 aromatic heterocycles. The molecule has 3 aliphatic heterocycles. The van der Waals surface area contributed by atoms with E-state index in [-0.39, 0.29) is 63.9 Å². The number of fused-ring (bicyclic) bond motifs is 2. The molecule has 3 aliphatic rings. The van der Waals surface area contributed by atoms with Gasteiger partial charge >= 0.3 is 5.97 Å². The molecular formula is C34H46O12S2. The molecule has 5 rings (SSSR count). The quantitative estimate of drug-likeness (QED) is 0.171. The second-order valence-corrected chi connectivity index (χ2v) is 15.7. The predicted octanol–water partition coefficient (Wildman–Crippen LogP) is 3.89. The minimum Gasteiger partial charge on any atom is -0.506 e. The van der Waals surface area contributed by atoms with Crippen molar-refractivity contribution in [3.05, 3.63) is 34.9 Å². The topological polar surface area (TPSA) is 192 Å². The number of carboxylic acid groups (broad SMARTS) is 1. The SMILES string of the molecule is CC(=O)c1c(C)cc2cc(C(=O)O)cc(O[C@H]3O[C@H](CO)[C@@]4(CC[C@H](C)[C@H]5CCOC[C@]5(CCCO)CSSCO4)[C@H](O)[C@H]3O)c2c1O. The fourth-order valence-corrected chi connectivity index (χ4v) is 10.3. The van der Waals surface area contributed by atoms with E-state index in [2.05, 4.69) is 6.92 Å². The maximum absolute atomic E-state index is 12.4. The molecule has 8 atom stereocenters. The number of phenols is 1. The normalized spacial score (nSPS) is 33.1. The number of phenolic OH excluding ortho intramolecular Hbond substituents is 1. The molecule has 12 nitrogen and oxygen atoms in total. The van der Waals surface area contributed by atoms with Crippen LogP contribution in [0.2, 0.25) is 0 Å². The van der Waals surface area contributed by atoms with Gasteiger partial charge in [-0.05, 0) is 80.9 Å². The number of hydrogen-bond acceptors (Lipinski definition) is 13. The fraction of sp³-hybridized carbons (Fsp3) is 0.647. The Morgan fingerprint density at radius 3 is 2.58 bits per heavy atom. The lowest BCUT2D eigenvalue weighted by Gasteiger charge is -2.51. The van der Waals surface area contributed by atoms with Gasteiger partial charge < -0.3 is 49.6 Å². The van der Waals surface area contributed by atoms with Gasteiger partial charge in [-0.1, -0.05) is 34.6 Å². The van der Waals surface area contributed by atoms with Gasteiger partial charge in [0.25, 0.3) is 0 Å². The van der Waals surface area contributed by atoms with E-state index in [0.29, 0.717) is 31.6 Å². The van der Waals surface area contributed by atoms with Crippen molar-refractivity contribution >= 4 is 44.1 Å². The highest BCUT2D eigenvalue weighted by Crippen LogP contribution is 2.50. The van der Waals surface area contributed by atoms with Crippen LogP contribution in [0.4, 0.5) is 0 Å². The number of aryl methyl sites for hydroxylation is 1. The molecule has 0 amide bonds. The number of aromatic carboxylic acids is 1. The molecule has 1 spiro atoms. The van der Waals surface area contributed by atoms with Gasteiger partial charge in [0.2, 0.25) is 6.29 Å². The molecule has 48 heavy (non-hydrogen) atoms. The van der Waals surface area contributed by atoms with Crippen LogP contribution in [0.1, 0.15) is 72.2 Å². The predicted molar refractivity (Wildman–Crippen MR) is 181 cm³/mol. The molecule has 0 unspecified atom stereocenters. The van der Waals surface area contributed by atoms with Crippen LogP contribution >= 0.6 is 21.6 Å². The highest BCUT2D eigenvalue weighted by Gasteiger charge is 2.58. The van der Waals surface area contributed by atoms with E-state index in [1.807, 2.05) is 0 Å². The first kappa shape index (κ1) is 37.1. The standard InChI is InChI=1S/C34H46O12S2/c1-18-5-8-34(44-17-48-47-16-33(7-4-9-35)15-43-10-6-23(18)33)25(14-36)46-32(29(39)30(34)40)45-24-13-22(31(41)42)12-21-11-19(2)26(20(3)37)28(38)27(21)24/h11-13,18,23,25,29-30,32,35-36,38-40H,4-10,14-17H2,1-3H3,(H,41,42)/t18-,23+,25+,29+,30+,32-,33+,34-/m0/s1. The Hall–Kier alpha value is -2.14. The van der Waals surface area contributed by atoms with Crippen molar-refractivity contribution in [3.63, 3.8) is 0 Å². The van der Waals surface area contributed by atoms with Crippen LogP contribution in [0.15, 0.2) is 18.2 Å². The summed E-state index contributed by atoms with van der Waals surface area (Å²) in [6.45, 7) is 5.83. The number of hydrogen-bond donors (Lipinski definition) is 6. The number of benzene rings is 2. The van der Waals surface area contributed by atoms with E-state index in [9.17, 15) is 40.2 Å². The Balaban J connectivity index is 1.47. The van der Waals surface area contributed by atoms with E-state index >= 15 is 0 Å².